The van der Waals surface area contributed by atoms with E-state index in [1.54, 1.807) is 0 Å². The molecule has 0 saturated heterocycles. The van der Waals surface area contributed by atoms with Gasteiger partial charge >= 0.3 is 247 Å². The van der Waals surface area contributed by atoms with E-state index in [0.717, 1.165) is 69.4 Å². The molecule has 2 bridgehead atoms. The topological polar surface area (TPSA) is 48.7 Å². The summed E-state index contributed by atoms with van der Waals surface area (Å²) in [6.45, 7) is 4.68. The quantitative estimate of drug-likeness (QED) is 0.127. The molecule has 1 unspecified atom stereocenters. The van der Waals surface area contributed by atoms with E-state index in [4.69, 9.17) is 4.98 Å². The van der Waals surface area contributed by atoms with Gasteiger partial charge in [-0.2, -0.15) is 0 Å². The number of fused-ring (bicyclic) bond motifs is 2. The predicted octanol–water partition coefficient (Wildman–Crippen LogP) is 8.21. The van der Waals surface area contributed by atoms with Crippen LogP contribution in [0.5, 0.6) is 0 Å². The van der Waals surface area contributed by atoms with Crippen LogP contribution in [0, 0.1) is 0 Å². The zero-order valence-electron chi connectivity index (χ0n) is 24.5. The van der Waals surface area contributed by atoms with Crippen LogP contribution in [-0.4, -0.2) is 28.8 Å². The molecule has 9 rings (SSSR count). The third-order valence-electron chi connectivity index (χ3n) is 9.57. The number of nitrogens with zero attached hydrogens (tertiary/aromatic N) is 3. The van der Waals surface area contributed by atoms with Gasteiger partial charge in [-0.05, 0) is 0 Å². The van der Waals surface area contributed by atoms with E-state index in [9.17, 15) is 4.89 Å². The summed E-state index contributed by atoms with van der Waals surface area (Å²) in [6, 6.07) is 34.0. The number of aliphatic imine (C=N–C) groups is 1. The van der Waals surface area contributed by atoms with Gasteiger partial charge < -0.3 is 0 Å². The van der Waals surface area contributed by atoms with E-state index in [1.165, 1.54) is 10.9 Å². The van der Waals surface area contributed by atoms with Crippen molar-refractivity contribution in [3.63, 3.8) is 0 Å². The zero-order valence-corrected chi connectivity index (χ0v) is 25.5. The Kier molecular flexibility index (Phi) is 6.63. The molecule has 0 saturated carbocycles. The second-order valence-electron chi connectivity index (χ2n) is 11.9. The molecule has 1 aromatic heterocycles. The van der Waals surface area contributed by atoms with E-state index in [1.807, 2.05) is 24.3 Å². The van der Waals surface area contributed by atoms with Crippen molar-refractivity contribution in [2.45, 2.75) is 24.4 Å². The second kappa shape index (κ2) is 10.8. The van der Waals surface area contributed by atoms with Gasteiger partial charge in [-0.15, -0.1) is 0 Å². The molecule has 0 radical (unpaired) electrons. The summed E-state index contributed by atoms with van der Waals surface area (Å²) in [5.74, 6) is 0.404. The Morgan fingerprint density at radius 2 is 1.64 bits per heavy atom. The molecule has 216 valence electrons. The van der Waals surface area contributed by atoms with Gasteiger partial charge in [-0.3, -0.25) is 0 Å². The molecule has 5 heteroatoms. The molecular weight excluding hydrogens is 557 g/mol. The molecule has 1 N–H and O–H groups in total. The van der Waals surface area contributed by atoms with E-state index in [2.05, 4.69) is 126 Å². The fourth-order valence-corrected chi connectivity index (χ4v) is 11.3. The number of allylic oxidation sites excluding steroid dienone is 4. The normalized spacial score (nSPS) is 20.3. The third-order valence-corrected chi connectivity index (χ3v) is 13.6. The molecule has 0 spiro atoms. The van der Waals surface area contributed by atoms with E-state index < -0.39 is 7.49 Å². The van der Waals surface area contributed by atoms with Crippen molar-refractivity contribution in [3.05, 3.63) is 139 Å². The summed E-state index contributed by atoms with van der Waals surface area (Å²) in [4.78, 5) is 24.5. The van der Waals surface area contributed by atoms with Crippen molar-refractivity contribution in [3.8, 4) is 22.4 Å². The van der Waals surface area contributed by atoms with Gasteiger partial charge in [0.15, 0.2) is 0 Å². The maximum absolute atomic E-state index is 12.7. The van der Waals surface area contributed by atoms with Crippen LogP contribution in [0.3, 0.4) is 0 Å². The Bertz CT molecular complexity index is 2010. The van der Waals surface area contributed by atoms with Crippen LogP contribution < -0.4 is 15.5 Å². The average Bonchev–Trinajstić information content (AvgIpc) is 3.30. The van der Waals surface area contributed by atoms with Gasteiger partial charge in [0, 0.05) is 0 Å². The Labute approximate surface area is 258 Å². The van der Waals surface area contributed by atoms with Gasteiger partial charge in [0.05, 0.1) is 0 Å². The molecule has 0 amide bonds. The monoisotopic (exact) mass is 591 g/mol. The van der Waals surface area contributed by atoms with E-state index in [0.29, 0.717) is 5.92 Å². The molecule has 3 aliphatic heterocycles. The van der Waals surface area contributed by atoms with E-state index in [-0.39, 0.29) is 5.66 Å². The standard InChI is InChI=1S/C39H34N3OP/c1-40-38-34-13-3-5-14-35(34)41-37(39(38)42-24-7-2-8-25-42)29-18-16-27(17-19-29)30-10-9-11-32(26-30)44(43)31-22-20-28(21-23-31)33-12-4-6-15-36(33)44/h2-20,22,24,26,28,31,43-44H,1,21,23,25H2/t28-,31?/m1/s1. The van der Waals surface area contributed by atoms with Crippen LogP contribution in [0.15, 0.2) is 139 Å². The molecule has 5 aromatic rings. The zero-order chi connectivity index (χ0) is 29.7. The fraction of sp³-hybridized carbons (Fsp3) is 0.128. The SMILES string of the molecule is C=Nc1c(N2C=CC=CC2)c(-c2ccc(-c3cccc([PH]4(O)c5ccccc5[C@@H]5C=CC4CC5)c3)cc2)nc2ccccc12. The molecular formula is C39H34N3OP. The van der Waals surface area contributed by atoms with Crippen LogP contribution in [0.1, 0.15) is 24.3 Å². The van der Waals surface area contributed by atoms with Gasteiger partial charge in [0.1, 0.15) is 0 Å². The third kappa shape index (κ3) is 4.29. The maximum atomic E-state index is 12.7. The first-order valence-electron chi connectivity index (χ1n) is 15.4. The van der Waals surface area contributed by atoms with Crippen LogP contribution in [0.2, 0.25) is 0 Å². The van der Waals surface area contributed by atoms with Crippen molar-refractivity contribution in [1.29, 1.82) is 0 Å². The van der Waals surface area contributed by atoms with Gasteiger partial charge in [-0.25, -0.2) is 0 Å². The van der Waals surface area contributed by atoms with Crippen molar-refractivity contribution in [2.24, 2.45) is 4.99 Å². The van der Waals surface area contributed by atoms with E-state index >= 15 is 0 Å². The first-order chi connectivity index (χ1) is 21.6. The first-order valence-corrected chi connectivity index (χ1v) is 17.4. The number of aromatic nitrogens is 1. The minimum absolute atomic E-state index is 0.184. The predicted molar refractivity (Wildman–Crippen MR) is 189 cm³/mol. The summed E-state index contributed by atoms with van der Waals surface area (Å²) >= 11 is 0. The van der Waals surface area contributed by atoms with Crippen LogP contribution >= 0.6 is 7.49 Å². The van der Waals surface area contributed by atoms with Gasteiger partial charge in [-0.1, -0.05) is 12.1 Å². The minimum atomic E-state index is -2.99. The Morgan fingerprint density at radius 3 is 2.43 bits per heavy atom. The van der Waals surface area contributed by atoms with Gasteiger partial charge in [0.2, 0.25) is 0 Å². The van der Waals surface area contributed by atoms with Crippen molar-refractivity contribution in [1.82, 2.24) is 4.98 Å². The Hall–Kier alpha value is -4.63. The van der Waals surface area contributed by atoms with Crippen LogP contribution in [-0.2, 0) is 0 Å². The van der Waals surface area contributed by atoms with Gasteiger partial charge in [0.25, 0.3) is 0 Å². The number of anilines is 1. The summed E-state index contributed by atoms with van der Waals surface area (Å²) in [6.07, 6.45) is 15.1. The summed E-state index contributed by atoms with van der Waals surface area (Å²) in [7, 11) is -2.99. The summed E-state index contributed by atoms with van der Waals surface area (Å²) in [5, 5.41) is 3.24. The number of hydrogen-bond acceptors (Lipinski definition) is 4. The summed E-state index contributed by atoms with van der Waals surface area (Å²) < 4.78 is 0. The van der Waals surface area contributed by atoms with Crippen LogP contribution in [0.4, 0.5) is 11.4 Å². The number of hydrogen-bond donors (Lipinski definition) is 1. The Balaban J connectivity index is 1.21. The molecule has 4 aromatic carbocycles. The van der Waals surface area contributed by atoms with Crippen molar-refractivity contribution in [2.75, 3.05) is 11.4 Å². The second-order valence-corrected chi connectivity index (χ2v) is 15.3. The number of rotatable bonds is 5. The number of benzene rings is 4. The molecule has 4 aliphatic rings. The molecule has 44 heavy (non-hydrogen) atoms. The molecule has 4 heterocycles. The fourth-order valence-electron chi connectivity index (χ4n) is 7.37. The molecule has 4 nitrogen and oxygen atoms in total. The first kappa shape index (κ1) is 27.0. The van der Waals surface area contributed by atoms with Crippen molar-refractivity contribution < 1.29 is 4.89 Å². The number of pyridine rings is 1. The molecule has 0 fully saturated rings. The molecule has 2 atom stereocenters. The Morgan fingerprint density at radius 1 is 0.818 bits per heavy atom. The van der Waals surface area contributed by atoms with Crippen LogP contribution in [0.25, 0.3) is 33.3 Å². The van der Waals surface area contributed by atoms with Crippen molar-refractivity contribution >= 4 is 47.1 Å². The molecule has 1 aliphatic carbocycles. The average molecular weight is 592 g/mol. The summed E-state index contributed by atoms with van der Waals surface area (Å²) in [5.41, 5.74) is 8.30. The number of para-hydroxylation sites is 1.